The standard InChI is InChI=1S/C28H27N5O2S/c1-35-24-15-6-5-13-22(24)32-18-9-14-23(32)27-26(21-12-7-8-17-29-21)31-28(36)33(27)19-16-25(34)30-20-10-3-2-4-11-20/h2-15,17-18,26-27H,16,19H2,1H3,(H,30,34)(H,31,36)/t26-,27-/m1/s1. The quantitative estimate of drug-likeness (QED) is 0.338. The maximum Gasteiger partial charge on any atom is 0.226 e. The van der Waals surface area contributed by atoms with Gasteiger partial charge in [0.15, 0.2) is 5.11 Å². The van der Waals surface area contributed by atoms with E-state index in [0.717, 1.165) is 28.5 Å². The molecule has 2 N–H and O–H groups in total. The minimum absolute atomic E-state index is 0.0656. The van der Waals surface area contributed by atoms with Crippen molar-refractivity contribution in [3.63, 3.8) is 0 Å². The van der Waals surface area contributed by atoms with Crippen LogP contribution in [0.2, 0.25) is 0 Å². The molecule has 3 heterocycles. The van der Waals surface area contributed by atoms with E-state index in [0.29, 0.717) is 11.7 Å². The molecule has 1 saturated heterocycles. The van der Waals surface area contributed by atoms with Gasteiger partial charge in [0.05, 0.1) is 30.6 Å². The highest BCUT2D eigenvalue weighted by Gasteiger charge is 2.41. The molecule has 7 nitrogen and oxygen atoms in total. The van der Waals surface area contributed by atoms with Gasteiger partial charge in [-0.05, 0) is 60.7 Å². The fourth-order valence-electron chi connectivity index (χ4n) is 4.62. The number of rotatable bonds is 8. The number of methoxy groups -OCH3 is 1. The monoisotopic (exact) mass is 497 g/mol. The fourth-order valence-corrected chi connectivity index (χ4v) is 4.95. The highest BCUT2D eigenvalue weighted by atomic mass is 32.1. The predicted octanol–water partition coefficient (Wildman–Crippen LogP) is 4.88. The van der Waals surface area contributed by atoms with E-state index in [1.54, 1.807) is 13.3 Å². The lowest BCUT2D eigenvalue weighted by molar-refractivity contribution is -0.116. The zero-order valence-corrected chi connectivity index (χ0v) is 20.7. The highest BCUT2D eigenvalue weighted by molar-refractivity contribution is 7.80. The normalized spacial score (nSPS) is 17.0. The molecule has 0 aliphatic carbocycles. The van der Waals surface area contributed by atoms with Crippen molar-refractivity contribution in [1.29, 1.82) is 0 Å². The van der Waals surface area contributed by atoms with Crippen LogP contribution in [0.25, 0.3) is 5.69 Å². The summed E-state index contributed by atoms with van der Waals surface area (Å²) in [6, 6.07) is 27.0. The van der Waals surface area contributed by atoms with Gasteiger partial charge in [-0.3, -0.25) is 9.78 Å². The average molecular weight is 498 g/mol. The average Bonchev–Trinajstić information content (AvgIpc) is 3.52. The molecule has 0 unspecified atom stereocenters. The van der Waals surface area contributed by atoms with Crippen LogP contribution in [-0.2, 0) is 4.79 Å². The number of anilines is 1. The number of benzene rings is 2. The van der Waals surface area contributed by atoms with Gasteiger partial charge in [0.1, 0.15) is 5.75 Å². The molecule has 0 saturated carbocycles. The Kier molecular flexibility index (Phi) is 6.95. The molecule has 36 heavy (non-hydrogen) atoms. The second-order valence-corrected chi connectivity index (χ2v) is 8.85. The van der Waals surface area contributed by atoms with Crippen LogP contribution in [0.1, 0.15) is 29.9 Å². The number of nitrogens with one attached hydrogen (secondary N) is 2. The molecule has 2 aromatic carbocycles. The van der Waals surface area contributed by atoms with Crippen molar-refractivity contribution in [1.82, 2.24) is 19.8 Å². The number of nitrogens with zero attached hydrogens (tertiary/aromatic N) is 3. The van der Waals surface area contributed by atoms with Gasteiger partial charge in [0.25, 0.3) is 0 Å². The molecule has 1 aliphatic heterocycles. The highest BCUT2D eigenvalue weighted by Crippen LogP contribution is 2.40. The lowest BCUT2D eigenvalue weighted by Crippen LogP contribution is -2.33. The second-order valence-electron chi connectivity index (χ2n) is 8.46. The summed E-state index contributed by atoms with van der Waals surface area (Å²) >= 11 is 5.78. The van der Waals surface area contributed by atoms with Gasteiger partial charge in [0, 0.05) is 36.7 Å². The maximum absolute atomic E-state index is 12.8. The van der Waals surface area contributed by atoms with E-state index in [9.17, 15) is 4.79 Å². The van der Waals surface area contributed by atoms with Gasteiger partial charge >= 0.3 is 0 Å². The van der Waals surface area contributed by atoms with Gasteiger partial charge in [-0.1, -0.05) is 36.4 Å². The van der Waals surface area contributed by atoms with Crippen LogP contribution in [0.5, 0.6) is 5.75 Å². The first-order valence-corrected chi connectivity index (χ1v) is 12.2. The number of pyridine rings is 1. The molecule has 0 spiro atoms. The third kappa shape index (κ3) is 4.81. The summed E-state index contributed by atoms with van der Waals surface area (Å²) in [7, 11) is 1.67. The third-order valence-electron chi connectivity index (χ3n) is 6.26. The van der Waals surface area contributed by atoms with Crippen LogP contribution in [0.3, 0.4) is 0 Å². The summed E-state index contributed by atoms with van der Waals surface area (Å²) in [6.45, 7) is 0.454. The Labute approximate surface area is 215 Å². The number of amides is 1. The van der Waals surface area contributed by atoms with Crippen molar-refractivity contribution >= 4 is 28.9 Å². The first-order valence-electron chi connectivity index (χ1n) is 11.8. The van der Waals surface area contributed by atoms with Crippen LogP contribution >= 0.6 is 12.2 Å². The number of carbonyl (C=O) groups is 1. The number of ether oxygens (including phenoxy) is 1. The van der Waals surface area contributed by atoms with Crippen molar-refractivity contribution < 1.29 is 9.53 Å². The van der Waals surface area contributed by atoms with Crippen molar-refractivity contribution in [3.8, 4) is 11.4 Å². The molecule has 1 amide bonds. The van der Waals surface area contributed by atoms with Crippen molar-refractivity contribution in [2.75, 3.05) is 19.0 Å². The number of hydrogen-bond donors (Lipinski definition) is 2. The Hall–Kier alpha value is -4.17. The topological polar surface area (TPSA) is 71.4 Å². The van der Waals surface area contributed by atoms with Crippen LogP contribution in [-0.4, -0.2) is 39.1 Å². The molecule has 8 heteroatoms. The van der Waals surface area contributed by atoms with Crippen LogP contribution in [0.4, 0.5) is 5.69 Å². The predicted molar refractivity (Wildman–Crippen MR) is 144 cm³/mol. The minimum Gasteiger partial charge on any atom is -0.495 e. The SMILES string of the molecule is COc1ccccc1-n1cccc1[C@@H]1[C@@H](c2ccccn2)NC(=S)N1CCC(=O)Nc1ccccc1. The van der Waals surface area contributed by atoms with Gasteiger partial charge in [-0.2, -0.15) is 0 Å². The first-order chi connectivity index (χ1) is 17.7. The smallest absolute Gasteiger partial charge is 0.226 e. The lowest BCUT2D eigenvalue weighted by Gasteiger charge is -2.29. The molecule has 0 radical (unpaired) electrons. The minimum atomic E-state index is -0.183. The molecule has 2 aromatic heterocycles. The van der Waals surface area contributed by atoms with E-state index in [2.05, 4.69) is 31.2 Å². The number of para-hydroxylation sites is 3. The fraction of sp³-hybridized carbons (Fsp3) is 0.179. The van der Waals surface area contributed by atoms with E-state index >= 15 is 0 Å². The molecular weight excluding hydrogens is 470 g/mol. The summed E-state index contributed by atoms with van der Waals surface area (Å²) in [4.78, 5) is 19.5. The lowest BCUT2D eigenvalue weighted by atomic mass is 10.0. The van der Waals surface area contributed by atoms with Crippen LogP contribution in [0, 0.1) is 0 Å². The van der Waals surface area contributed by atoms with Crippen LogP contribution < -0.4 is 15.4 Å². The largest absolute Gasteiger partial charge is 0.495 e. The van der Waals surface area contributed by atoms with Crippen molar-refractivity contribution in [2.24, 2.45) is 0 Å². The Morgan fingerprint density at radius 2 is 1.81 bits per heavy atom. The van der Waals surface area contributed by atoms with Crippen molar-refractivity contribution in [3.05, 3.63) is 109 Å². The number of carbonyl (C=O) groups excluding carboxylic acids is 1. The summed E-state index contributed by atoms with van der Waals surface area (Å²) in [5.41, 5.74) is 3.61. The van der Waals surface area contributed by atoms with E-state index in [1.165, 1.54) is 0 Å². The summed E-state index contributed by atoms with van der Waals surface area (Å²) in [5.74, 6) is 0.704. The zero-order valence-electron chi connectivity index (χ0n) is 19.9. The molecule has 2 atom stereocenters. The second kappa shape index (κ2) is 10.6. The molecule has 5 rings (SSSR count). The number of thiocarbonyl (C=S) groups is 1. The number of hydrogen-bond acceptors (Lipinski definition) is 4. The van der Waals surface area contributed by atoms with Crippen LogP contribution in [0.15, 0.2) is 97.3 Å². The summed E-state index contributed by atoms with van der Waals surface area (Å²) in [5, 5.41) is 7.01. The Balaban J connectivity index is 1.47. The van der Waals surface area contributed by atoms with E-state index in [-0.39, 0.29) is 24.4 Å². The summed E-state index contributed by atoms with van der Waals surface area (Å²) < 4.78 is 7.76. The summed E-state index contributed by atoms with van der Waals surface area (Å²) in [6.07, 6.45) is 4.09. The maximum atomic E-state index is 12.8. The van der Waals surface area contributed by atoms with E-state index < -0.39 is 0 Å². The Morgan fingerprint density at radius 3 is 2.58 bits per heavy atom. The first kappa shape index (κ1) is 23.6. The van der Waals surface area contributed by atoms with E-state index in [4.69, 9.17) is 17.0 Å². The Bertz CT molecular complexity index is 1340. The van der Waals surface area contributed by atoms with Gasteiger partial charge < -0.3 is 24.8 Å². The van der Waals surface area contributed by atoms with E-state index in [1.807, 2.05) is 85.1 Å². The Morgan fingerprint density at radius 1 is 1.03 bits per heavy atom. The van der Waals surface area contributed by atoms with Crippen molar-refractivity contribution in [2.45, 2.75) is 18.5 Å². The molecule has 1 aliphatic rings. The van der Waals surface area contributed by atoms with Gasteiger partial charge in [-0.15, -0.1) is 0 Å². The molecule has 4 aromatic rings. The van der Waals surface area contributed by atoms with Gasteiger partial charge in [0.2, 0.25) is 5.91 Å². The molecule has 1 fully saturated rings. The third-order valence-corrected chi connectivity index (χ3v) is 6.62. The molecular formula is C28H27N5O2S. The molecule has 0 bridgehead atoms. The zero-order chi connectivity index (χ0) is 24.9. The van der Waals surface area contributed by atoms with Gasteiger partial charge in [-0.25, -0.2) is 0 Å². The number of aromatic nitrogens is 2. The molecule has 182 valence electrons.